The molecule has 0 aliphatic carbocycles. The molecule has 0 radical (unpaired) electrons. The minimum atomic E-state index is -0.676. The first kappa shape index (κ1) is 15.5. The maximum atomic E-state index is 9.74. The zero-order valence-electron chi connectivity index (χ0n) is 10.7. The number of rotatable bonds is 4. The third-order valence-corrected chi connectivity index (χ3v) is 3.80. The SMILES string of the molecule is C[C@@H](O)c1cc(Cl)ccc1OCc1c(Cl)cccc1Cl. The summed E-state index contributed by atoms with van der Waals surface area (Å²) in [7, 11) is 0. The van der Waals surface area contributed by atoms with E-state index in [0.29, 0.717) is 31.9 Å². The summed E-state index contributed by atoms with van der Waals surface area (Å²) in [5, 5.41) is 11.4. The maximum Gasteiger partial charge on any atom is 0.125 e. The predicted octanol–water partition coefficient (Wildman–Crippen LogP) is 5.28. The summed E-state index contributed by atoms with van der Waals surface area (Å²) in [6.07, 6.45) is -0.676. The minimum Gasteiger partial charge on any atom is -0.488 e. The average Bonchev–Trinajstić information content (AvgIpc) is 2.39. The van der Waals surface area contributed by atoms with E-state index in [1.807, 2.05) is 0 Å². The minimum absolute atomic E-state index is 0.222. The molecule has 0 aromatic heterocycles. The van der Waals surface area contributed by atoms with E-state index in [4.69, 9.17) is 39.5 Å². The van der Waals surface area contributed by atoms with Crippen molar-refractivity contribution in [2.24, 2.45) is 0 Å². The van der Waals surface area contributed by atoms with Crippen molar-refractivity contribution in [3.05, 3.63) is 62.6 Å². The fourth-order valence-electron chi connectivity index (χ4n) is 1.80. The fourth-order valence-corrected chi connectivity index (χ4v) is 2.48. The molecular weight excluding hydrogens is 319 g/mol. The molecule has 2 aromatic rings. The average molecular weight is 332 g/mol. The lowest BCUT2D eigenvalue weighted by Crippen LogP contribution is -2.02. The molecule has 0 bridgehead atoms. The van der Waals surface area contributed by atoms with E-state index in [9.17, 15) is 5.11 Å². The van der Waals surface area contributed by atoms with E-state index in [1.54, 1.807) is 43.3 Å². The monoisotopic (exact) mass is 330 g/mol. The molecule has 5 heteroatoms. The summed E-state index contributed by atoms with van der Waals surface area (Å²) in [6, 6.07) is 10.4. The van der Waals surface area contributed by atoms with Crippen LogP contribution in [0.2, 0.25) is 15.1 Å². The molecule has 2 nitrogen and oxygen atoms in total. The van der Waals surface area contributed by atoms with Gasteiger partial charge in [0.1, 0.15) is 12.4 Å². The fraction of sp³-hybridized carbons (Fsp3) is 0.200. The van der Waals surface area contributed by atoms with Gasteiger partial charge >= 0.3 is 0 Å². The summed E-state index contributed by atoms with van der Waals surface area (Å²) in [5.41, 5.74) is 1.34. The van der Waals surface area contributed by atoms with Gasteiger partial charge in [-0.15, -0.1) is 0 Å². The number of ether oxygens (including phenoxy) is 1. The molecule has 20 heavy (non-hydrogen) atoms. The molecule has 0 aliphatic heterocycles. The van der Waals surface area contributed by atoms with Gasteiger partial charge in [-0.1, -0.05) is 40.9 Å². The second kappa shape index (κ2) is 6.68. The normalized spacial score (nSPS) is 12.2. The first-order valence-electron chi connectivity index (χ1n) is 6.02. The van der Waals surface area contributed by atoms with Gasteiger partial charge in [0.05, 0.1) is 6.10 Å². The molecule has 2 aromatic carbocycles. The molecule has 0 aliphatic rings. The van der Waals surface area contributed by atoms with Crippen molar-refractivity contribution in [1.29, 1.82) is 0 Å². The maximum absolute atomic E-state index is 9.74. The van der Waals surface area contributed by atoms with Gasteiger partial charge in [-0.3, -0.25) is 0 Å². The Morgan fingerprint density at radius 1 is 1.10 bits per heavy atom. The molecule has 0 saturated carbocycles. The first-order valence-corrected chi connectivity index (χ1v) is 7.15. The van der Waals surface area contributed by atoms with E-state index in [2.05, 4.69) is 0 Å². The lowest BCUT2D eigenvalue weighted by Gasteiger charge is -2.15. The second-order valence-corrected chi connectivity index (χ2v) is 5.60. The molecular formula is C15H13Cl3O2. The Kier molecular flexibility index (Phi) is 5.17. The zero-order valence-corrected chi connectivity index (χ0v) is 13.0. The van der Waals surface area contributed by atoms with Crippen LogP contribution < -0.4 is 4.74 Å². The molecule has 0 amide bonds. The quantitative estimate of drug-likeness (QED) is 0.826. The molecule has 1 atom stereocenters. The molecule has 1 N–H and O–H groups in total. The van der Waals surface area contributed by atoms with E-state index < -0.39 is 6.10 Å². The predicted molar refractivity (Wildman–Crippen MR) is 82.9 cm³/mol. The number of halogens is 3. The highest BCUT2D eigenvalue weighted by Gasteiger charge is 2.12. The Hall–Kier alpha value is -0.930. The largest absolute Gasteiger partial charge is 0.488 e. The van der Waals surface area contributed by atoms with Gasteiger partial charge in [0, 0.05) is 26.2 Å². The Labute approximate surface area is 132 Å². The Balaban J connectivity index is 2.23. The van der Waals surface area contributed by atoms with Crippen LogP contribution in [0.15, 0.2) is 36.4 Å². The Morgan fingerprint density at radius 3 is 2.35 bits per heavy atom. The third-order valence-electron chi connectivity index (χ3n) is 2.86. The lowest BCUT2D eigenvalue weighted by molar-refractivity contribution is 0.190. The van der Waals surface area contributed by atoms with Crippen molar-refractivity contribution in [3.8, 4) is 5.75 Å². The van der Waals surface area contributed by atoms with E-state index in [0.717, 1.165) is 0 Å². The van der Waals surface area contributed by atoms with E-state index >= 15 is 0 Å². The highest BCUT2D eigenvalue weighted by molar-refractivity contribution is 6.35. The topological polar surface area (TPSA) is 29.5 Å². The van der Waals surface area contributed by atoms with Gasteiger partial charge < -0.3 is 9.84 Å². The summed E-state index contributed by atoms with van der Waals surface area (Å²) >= 11 is 18.1. The van der Waals surface area contributed by atoms with Gasteiger partial charge in [0.15, 0.2) is 0 Å². The third kappa shape index (κ3) is 3.58. The van der Waals surface area contributed by atoms with Crippen molar-refractivity contribution < 1.29 is 9.84 Å². The number of hydrogen-bond donors (Lipinski definition) is 1. The van der Waals surface area contributed by atoms with Gasteiger partial charge in [-0.25, -0.2) is 0 Å². The summed E-state index contributed by atoms with van der Waals surface area (Å²) in [6.45, 7) is 1.88. The Morgan fingerprint density at radius 2 is 1.75 bits per heavy atom. The zero-order chi connectivity index (χ0) is 14.7. The van der Waals surface area contributed by atoms with Crippen LogP contribution in [0, 0.1) is 0 Å². The standard InChI is InChI=1S/C15H13Cl3O2/c1-9(19)11-7-10(16)5-6-15(11)20-8-12-13(17)3-2-4-14(12)18/h2-7,9,19H,8H2,1H3/t9-/m1/s1. The van der Waals surface area contributed by atoms with Crippen LogP contribution in [-0.4, -0.2) is 5.11 Å². The molecule has 0 fully saturated rings. The van der Waals surface area contributed by atoms with E-state index in [1.165, 1.54) is 0 Å². The van der Waals surface area contributed by atoms with Crippen molar-refractivity contribution in [3.63, 3.8) is 0 Å². The van der Waals surface area contributed by atoms with Crippen LogP contribution >= 0.6 is 34.8 Å². The van der Waals surface area contributed by atoms with Crippen molar-refractivity contribution in [1.82, 2.24) is 0 Å². The molecule has 0 unspecified atom stereocenters. The first-order chi connectivity index (χ1) is 9.49. The van der Waals surface area contributed by atoms with Crippen molar-refractivity contribution >= 4 is 34.8 Å². The van der Waals surface area contributed by atoms with Crippen LogP contribution in [0.4, 0.5) is 0 Å². The summed E-state index contributed by atoms with van der Waals surface area (Å²) in [5.74, 6) is 0.556. The Bertz CT molecular complexity index is 592. The smallest absolute Gasteiger partial charge is 0.125 e. The van der Waals surface area contributed by atoms with Crippen LogP contribution in [-0.2, 0) is 6.61 Å². The second-order valence-electron chi connectivity index (χ2n) is 4.35. The number of aliphatic hydroxyl groups excluding tert-OH is 1. The van der Waals surface area contributed by atoms with Gasteiger partial charge in [-0.2, -0.15) is 0 Å². The molecule has 0 saturated heterocycles. The van der Waals surface area contributed by atoms with Gasteiger partial charge in [0.2, 0.25) is 0 Å². The number of benzene rings is 2. The summed E-state index contributed by atoms with van der Waals surface area (Å²) < 4.78 is 5.71. The van der Waals surface area contributed by atoms with Crippen LogP contribution in [0.1, 0.15) is 24.2 Å². The van der Waals surface area contributed by atoms with Gasteiger partial charge in [-0.05, 0) is 37.3 Å². The summed E-state index contributed by atoms with van der Waals surface area (Å²) in [4.78, 5) is 0. The highest BCUT2D eigenvalue weighted by atomic mass is 35.5. The van der Waals surface area contributed by atoms with Crippen molar-refractivity contribution in [2.45, 2.75) is 19.6 Å². The highest BCUT2D eigenvalue weighted by Crippen LogP contribution is 2.31. The molecule has 0 spiro atoms. The lowest BCUT2D eigenvalue weighted by atomic mass is 10.1. The van der Waals surface area contributed by atoms with Crippen molar-refractivity contribution in [2.75, 3.05) is 0 Å². The van der Waals surface area contributed by atoms with Gasteiger partial charge in [0.25, 0.3) is 0 Å². The molecule has 0 heterocycles. The molecule has 106 valence electrons. The van der Waals surface area contributed by atoms with Crippen LogP contribution in [0.25, 0.3) is 0 Å². The number of hydrogen-bond acceptors (Lipinski definition) is 2. The number of aliphatic hydroxyl groups is 1. The van der Waals surface area contributed by atoms with Crippen LogP contribution in [0.3, 0.4) is 0 Å². The van der Waals surface area contributed by atoms with E-state index in [-0.39, 0.29) is 6.61 Å². The van der Waals surface area contributed by atoms with Crippen LogP contribution in [0.5, 0.6) is 5.75 Å². The molecule has 2 rings (SSSR count).